The highest BCUT2D eigenvalue weighted by Gasteiger charge is 2.11. The maximum Gasteiger partial charge on any atom is 0.0461 e. The Morgan fingerprint density at radius 1 is 0.520 bits per heavy atom. The molecule has 0 bridgehead atoms. The topological polar surface area (TPSA) is 3.24 Å². The molecule has 3 aromatic carbocycles. The van der Waals surface area contributed by atoms with Gasteiger partial charge in [-0.15, -0.1) is 0 Å². The monoisotopic (exact) mass is 329 g/mol. The van der Waals surface area contributed by atoms with Crippen LogP contribution >= 0.6 is 0 Å². The summed E-state index contributed by atoms with van der Waals surface area (Å²) in [6, 6.07) is 28.5. The second-order valence-corrected chi connectivity index (χ2v) is 6.50. The van der Waals surface area contributed by atoms with Gasteiger partial charge in [-0.2, -0.15) is 0 Å². The molecule has 0 saturated carbocycles. The van der Waals surface area contributed by atoms with Crippen molar-refractivity contribution < 1.29 is 0 Å². The number of hydrogen-bond donors (Lipinski definition) is 0. The van der Waals surface area contributed by atoms with E-state index in [0.717, 1.165) is 12.8 Å². The van der Waals surface area contributed by atoms with Crippen LogP contribution in [0.2, 0.25) is 0 Å². The zero-order valence-corrected chi connectivity index (χ0v) is 15.3. The van der Waals surface area contributed by atoms with Crippen LogP contribution in [-0.2, 0) is 12.8 Å². The normalized spacial score (nSPS) is 10.6. The summed E-state index contributed by atoms with van der Waals surface area (Å²) in [4.78, 5) is 2.32. The van der Waals surface area contributed by atoms with Crippen molar-refractivity contribution in [3.8, 4) is 0 Å². The first-order valence-electron chi connectivity index (χ1n) is 9.35. The minimum atomic E-state index is 1.14. The maximum atomic E-state index is 2.32. The fourth-order valence-electron chi connectivity index (χ4n) is 3.23. The van der Waals surface area contributed by atoms with E-state index in [1.54, 1.807) is 0 Å². The van der Waals surface area contributed by atoms with E-state index in [4.69, 9.17) is 0 Å². The third-order valence-corrected chi connectivity index (χ3v) is 4.48. The molecule has 0 saturated heterocycles. The molecular formula is C24H27N. The van der Waals surface area contributed by atoms with Crippen molar-refractivity contribution in [1.82, 2.24) is 0 Å². The molecule has 0 N–H and O–H groups in total. The number of benzene rings is 3. The smallest absolute Gasteiger partial charge is 0.0461 e. The Kier molecular flexibility index (Phi) is 5.90. The van der Waals surface area contributed by atoms with Crippen molar-refractivity contribution in [3.63, 3.8) is 0 Å². The quantitative estimate of drug-likeness (QED) is 0.448. The minimum absolute atomic E-state index is 1.14. The lowest BCUT2D eigenvalue weighted by molar-refractivity contribution is 0.921. The lowest BCUT2D eigenvalue weighted by Gasteiger charge is -2.25. The van der Waals surface area contributed by atoms with Gasteiger partial charge in [-0.05, 0) is 60.4 Å². The summed E-state index contributed by atoms with van der Waals surface area (Å²) in [7, 11) is 0. The zero-order valence-electron chi connectivity index (χ0n) is 15.3. The molecule has 0 atom stereocenters. The second-order valence-electron chi connectivity index (χ2n) is 6.50. The molecule has 128 valence electrons. The van der Waals surface area contributed by atoms with Crippen LogP contribution in [0, 0.1) is 0 Å². The highest BCUT2D eigenvalue weighted by molar-refractivity contribution is 5.76. The van der Waals surface area contributed by atoms with Crippen molar-refractivity contribution in [1.29, 1.82) is 0 Å². The maximum absolute atomic E-state index is 2.32. The summed E-state index contributed by atoms with van der Waals surface area (Å²) in [5.41, 5.74) is 6.40. The lowest BCUT2D eigenvalue weighted by Crippen LogP contribution is -2.09. The highest BCUT2D eigenvalue weighted by atomic mass is 15.1. The molecular weight excluding hydrogens is 302 g/mol. The van der Waals surface area contributed by atoms with Crippen LogP contribution in [0.5, 0.6) is 0 Å². The van der Waals surface area contributed by atoms with E-state index in [9.17, 15) is 0 Å². The predicted octanol–water partition coefficient (Wildman–Crippen LogP) is 7.06. The molecule has 0 fully saturated rings. The number of rotatable bonds is 7. The average Bonchev–Trinajstić information content (AvgIpc) is 2.66. The average molecular weight is 329 g/mol. The van der Waals surface area contributed by atoms with Crippen molar-refractivity contribution in [3.05, 3.63) is 90.0 Å². The van der Waals surface area contributed by atoms with Crippen LogP contribution in [0.3, 0.4) is 0 Å². The Morgan fingerprint density at radius 2 is 0.920 bits per heavy atom. The molecule has 25 heavy (non-hydrogen) atoms. The first kappa shape index (κ1) is 17.3. The van der Waals surface area contributed by atoms with Crippen LogP contribution in [0.1, 0.15) is 37.8 Å². The number of anilines is 3. The van der Waals surface area contributed by atoms with E-state index in [1.807, 2.05) is 0 Å². The molecule has 0 heterocycles. The van der Waals surface area contributed by atoms with Gasteiger partial charge in [-0.3, -0.25) is 0 Å². The zero-order chi connectivity index (χ0) is 17.5. The van der Waals surface area contributed by atoms with E-state index < -0.39 is 0 Å². The minimum Gasteiger partial charge on any atom is -0.311 e. The molecule has 0 spiro atoms. The third-order valence-electron chi connectivity index (χ3n) is 4.48. The van der Waals surface area contributed by atoms with Crippen LogP contribution < -0.4 is 4.90 Å². The van der Waals surface area contributed by atoms with Crippen molar-refractivity contribution >= 4 is 17.1 Å². The molecule has 1 nitrogen and oxygen atoms in total. The molecule has 0 radical (unpaired) electrons. The summed E-state index contributed by atoms with van der Waals surface area (Å²) < 4.78 is 0. The van der Waals surface area contributed by atoms with Gasteiger partial charge in [0.1, 0.15) is 0 Å². The predicted molar refractivity (Wildman–Crippen MR) is 109 cm³/mol. The van der Waals surface area contributed by atoms with E-state index in [2.05, 4.69) is 97.6 Å². The summed E-state index contributed by atoms with van der Waals surface area (Å²) in [6.45, 7) is 4.45. The Morgan fingerprint density at radius 3 is 1.32 bits per heavy atom. The Hall–Kier alpha value is -2.54. The molecule has 0 aromatic heterocycles. The Labute approximate surface area is 151 Å². The van der Waals surface area contributed by atoms with E-state index >= 15 is 0 Å². The largest absolute Gasteiger partial charge is 0.311 e. The van der Waals surface area contributed by atoms with Crippen molar-refractivity contribution in [2.24, 2.45) is 0 Å². The molecule has 0 aliphatic heterocycles. The highest BCUT2D eigenvalue weighted by Crippen LogP contribution is 2.34. The first-order chi connectivity index (χ1) is 12.3. The fraction of sp³-hybridized carbons (Fsp3) is 0.250. The van der Waals surface area contributed by atoms with Gasteiger partial charge in [-0.1, -0.05) is 69.2 Å². The summed E-state index contributed by atoms with van der Waals surface area (Å²) in [6.07, 6.45) is 4.63. The van der Waals surface area contributed by atoms with Crippen LogP contribution in [0.25, 0.3) is 0 Å². The van der Waals surface area contributed by atoms with Crippen molar-refractivity contribution in [2.75, 3.05) is 4.90 Å². The SMILES string of the molecule is CCCc1ccc(N(c2ccccc2)c2ccc(CCC)cc2)cc1. The van der Waals surface area contributed by atoms with Crippen LogP contribution in [0.4, 0.5) is 17.1 Å². The van der Waals surface area contributed by atoms with Gasteiger partial charge in [-0.25, -0.2) is 0 Å². The summed E-state index contributed by atoms with van der Waals surface area (Å²) in [5.74, 6) is 0. The van der Waals surface area contributed by atoms with Gasteiger partial charge in [0.05, 0.1) is 0 Å². The summed E-state index contributed by atoms with van der Waals surface area (Å²) >= 11 is 0. The van der Waals surface area contributed by atoms with Crippen molar-refractivity contribution in [2.45, 2.75) is 39.5 Å². The number of para-hydroxylation sites is 1. The lowest BCUT2D eigenvalue weighted by atomic mass is 10.1. The molecule has 3 rings (SSSR count). The van der Waals surface area contributed by atoms with Gasteiger partial charge in [0, 0.05) is 17.1 Å². The Balaban J connectivity index is 1.98. The van der Waals surface area contributed by atoms with Crippen LogP contribution in [0.15, 0.2) is 78.9 Å². The van der Waals surface area contributed by atoms with Gasteiger partial charge in [0.15, 0.2) is 0 Å². The Bertz CT molecular complexity index is 708. The number of nitrogens with zero attached hydrogens (tertiary/aromatic N) is 1. The van der Waals surface area contributed by atoms with E-state index in [1.165, 1.54) is 41.0 Å². The van der Waals surface area contributed by atoms with Gasteiger partial charge in [0.2, 0.25) is 0 Å². The molecule has 0 aliphatic rings. The summed E-state index contributed by atoms with van der Waals surface area (Å²) in [5, 5.41) is 0. The molecule has 0 amide bonds. The molecule has 1 heteroatoms. The molecule has 3 aromatic rings. The fourth-order valence-corrected chi connectivity index (χ4v) is 3.23. The van der Waals surface area contributed by atoms with Gasteiger partial charge < -0.3 is 4.90 Å². The number of aryl methyl sites for hydroxylation is 2. The standard InChI is InChI=1S/C24H27N/c1-3-8-20-12-16-23(17-13-20)25(22-10-6-5-7-11-22)24-18-14-21(9-4-2)15-19-24/h5-7,10-19H,3-4,8-9H2,1-2H3. The van der Waals surface area contributed by atoms with Gasteiger partial charge in [0.25, 0.3) is 0 Å². The van der Waals surface area contributed by atoms with E-state index in [-0.39, 0.29) is 0 Å². The van der Waals surface area contributed by atoms with Gasteiger partial charge >= 0.3 is 0 Å². The molecule has 0 aliphatic carbocycles. The van der Waals surface area contributed by atoms with E-state index in [0.29, 0.717) is 0 Å². The number of hydrogen-bond acceptors (Lipinski definition) is 1. The first-order valence-corrected chi connectivity index (χ1v) is 9.35. The van der Waals surface area contributed by atoms with Crippen LogP contribution in [-0.4, -0.2) is 0 Å². The molecule has 0 unspecified atom stereocenters. The second kappa shape index (κ2) is 8.53. The third kappa shape index (κ3) is 4.30.